The van der Waals surface area contributed by atoms with Crippen molar-refractivity contribution in [2.24, 2.45) is 0 Å². The van der Waals surface area contributed by atoms with Crippen LogP contribution >= 0.6 is 11.8 Å². The Labute approximate surface area is 168 Å². The molecule has 2 amide bonds. The van der Waals surface area contributed by atoms with Gasteiger partial charge in [0.1, 0.15) is 0 Å². The molecule has 1 N–H and O–H groups in total. The van der Waals surface area contributed by atoms with Crippen molar-refractivity contribution >= 4 is 35.2 Å². The van der Waals surface area contributed by atoms with Gasteiger partial charge < -0.3 is 15.0 Å². The van der Waals surface area contributed by atoms with Crippen molar-refractivity contribution in [2.45, 2.75) is 17.7 Å². The third-order valence-corrected chi connectivity index (χ3v) is 5.56. The molecule has 0 bridgehead atoms. The van der Waals surface area contributed by atoms with Crippen LogP contribution in [0.1, 0.15) is 33.6 Å². The van der Waals surface area contributed by atoms with E-state index < -0.39 is 5.97 Å². The molecule has 28 heavy (non-hydrogen) atoms. The fourth-order valence-electron chi connectivity index (χ4n) is 2.98. The van der Waals surface area contributed by atoms with E-state index in [1.807, 2.05) is 17.0 Å². The van der Waals surface area contributed by atoms with Crippen LogP contribution in [0.4, 0.5) is 5.69 Å². The number of anilines is 1. The fraction of sp³-hybridized carbons (Fsp3) is 0.286. The summed E-state index contributed by atoms with van der Waals surface area (Å²) in [5.74, 6) is -0.265. The Morgan fingerprint density at radius 1 is 1.04 bits per heavy atom. The molecule has 7 heteroatoms. The van der Waals surface area contributed by atoms with E-state index >= 15 is 0 Å². The second kappa shape index (κ2) is 9.41. The highest BCUT2D eigenvalue weighted by Gasteiger charge is 2.19. The normalized spacial score (nSPS) is 13.2. The summed E-state index contributed by atoms with van der Waals surface area (Å²) >= 11 is 1.38. The van der Waals surface area contributed by atoms with Crippen LogP contribution in [0, 0.1) is 0 Å². The largest absolute Gasteiger partial charge is 0.465 e. The van der Waals surface area contributed by atoms with Gasteiger partial charge in [-0.2, -0.15) is 0 Å². The molecule has 1 aliphatic heterocycles. The van der Waals surface area contributed by atoms with Crippen LogP contribution in [-0.4, -0.2) is 48.6 Å². The van der Waals surface area contributed by atoms with Crippen LogP contribution in [0.3, 0.4) is 0 Å². The SMILES string of the molecule is COC(=O)c1ccc(NC(=O)c2ccccc2SCC(=O)N2CCCC2)cc1. The molecule has 0 saturated carbocycles. The van der Waals surface area contributed by atoms with Crippen molar-refractivity contribution in [3.8, 4) is 0 Å². The lowest BCUT2D eigenvalue weighted by molar-refractivity contribution is -0.127. The standard InChI is InChI=1S/C21H22N2O4S/c1-27-21(26)15-8-10-16(11-9-15)22-20(25)17-6-2-3-7-18(17)28-14-19(24)23-12-4-5-13-23/h2-3,6-11H,4-5,12-14H2,1H3,(H,22,25). The van der Waals surface area contributed by atoms with Gasteiger partial charge in [-0.1, -0.05) is 12.1 Å². The van der Waals surface area contributed by atoms with E-state index in [0.29, 0.717) is 22.6 Å². The summed E-state index contributed by atoms with van der Waals surface area (Å²) in [6.45, 7) is 1.65. The molecule has 1 aliphatic rings. The molecular weight excluding hydrogens is 376 g/mol. The molecule has 6 nitrogen and oxygen atoms in total. The van der Waals surface area contributed by atoms with Gasteiger partial charge in [0.25, 0.3) is 5.91 Å². The summed E-state index contributed by atoms with van der Waals surface area (Å²) < 4.78 is 4.67. The molecule has 1 saturated heterocycles. The van der Waals surface area contributed by atoms with Gasteiger partial charge >= 0.3 is 5.97 Å². The van der Waals surface area contributed by atoms with E-state index in [1.165, 1.54) is 18.9 Å². The van der Waals surface area contributed by atoms with Crippen LogP contribution < -0.4 is 5.32 Å². The van der Waals surface area contributed by atoms with Gasteiger partial charge in [-0.25, -0.2) is 4.79 Å². The number of esters is 1. The summed E-state index contributed by atoms with van der Waals surface area (Å²) in [6, 6.07) is 13.7. The van der Waals surface area contributed by atoms with Crippen LogP contribution in [-0.2, 0) is 9.53 Å². The lowest BCUT2D eigenvalue weighted by Gasteiger charge is -2.15. The average molecular weight is 398 g/mol. The van der Waals surface area contributed by atoms with Crippen molar-refractivity contribution in [1.29, 1.82) is 0 Å². The number of nitrogens with one attached hydrogen (secondary N) is 1. The van der Waals surface area contributed by atoms with E-state index in [2.05, 4.69) is 10.1 Å². The number of ether oxygens (including phenoxy) is 1. The second-order valence-electron chi connectivity index (χ2n) is 6.40. The molecule has 0 aliphatic carbocycles. The molecule has 1 fully saturated rings. The number of carbonyl (C=O) groups excluding carboxylic acids is 3. The first-order valence-electron chi connectivity index (χ1n) is 9.08. The summed E-state index contributed by atoms with van der Waals surface area (Å²) in [7, 11) is 1.32. The summed E-state index contributed by atoms with van der Waals surface area (Å²) in [4.78, 5) is 39.1. The topological polar surface area (TPSA) is 75.7 Å². The fourth-order valence-corrected chi connectivity index (χ4v) is 3.94. The second-order valence-corrected chi connectivity index (χ2v) is 7.41. The number of likely N-dealkylation sites (tertiary alicyclic amines) is 1. The minimum atomic E-state index is -0.428. The number of benzene rings is 2. The molecule has 2 aromatic carbocycles. The van der Waals surface area contributed by atoms with E-state index in [0.717, 1.165) is 30.8 Å². The maximum atomic E-state index is 12.7. The van der Waals surface area contributed by atoms with Crippen molar-refractivity contribution in [3.05, 3.63) is 59.7 Å². The van der Waals surface area contributed by atoms with Gasteiger partial charge in [-0.15, -0.1) is 11.8 Å². The highest BCUT2D eigenvalue weighted by Crippen LogP contribution is 2.25. The number of amides is 2. The third-order valence-electron chi connectivity index (χ3n) is 4.51. The molecule has 0 atom stereocenters. The number of rotatable bonds is 6. The Morgan fingerprint density at radius 2 is 1.71 bits per heavy atom. The molecule has 1 heterocycles. The van der Waals surface area contributed by atoms with E-state index in [4.69, 9.17) is 0 Å². The Hall–Kier alpha value is -2.80. The molecule has 0 spiro atoms. The number of hydrogen-bond acceptors (Lipinski definition) is 5. The van der Waals surface area contributed by atoms with Crippen LogP contribution in [0.2, 0.25) is 0 Å². The van der Waals surface area contributed by atoms with E-state index in [-0.39, 0.29) is 11.8 Å². The first-order valence-corrected chi connectivity index (χ1v) is 10.1. The van der Waals surface area contributed by atoms with Crippen molar-refractivity contribution in [2.75, 3.05) is 31.3 Å². The van der Waals surface area contributed by atoms with Crippen molar-refractivity contribution in [1.82, 2.24) is 4.90 Å². The molecule has 146 valence electrons. The lowest BCUT2D eigenvalue weighted by Crippen LogP contribution is -2.29. The number of methoxy groups -OCH3 is 1. The molecule has 0 radical (unpaired) electrons. The van der Waals surface area contributed by atoms with Gasteiger partial charge in [0.2, 0.25) is 5.91 Å². The zero-order valence-electron chi connectivity index (χ0n) is 15.6. The number of thioether (sulfide) groups is 1. The number of carbonyl (C=O) groups is 3. The predicted molar refractivity (Wildman–Crippen MR) is 109 cm³/mol. The Morgan fingerprint density at radius 3 is 2.39 bits per heavy atom. The minimum absolute atomic E-state index is 0.108. The van der Waals surface area contributed by atoms with Gasteiger partial charge in [0, 0.05) is 23.7 Å². The van der Waals surface area contributed by atoms with Gasteiger partial charge in [-0.3, -0.25) is 9.59 Å². The zero-order chi connectivity index (χ0) is 19.9. The Kier molecular flexibility index (Phi) is 6.71. The van der Waals surface area contributed by atoms with E-state index in [1.54, 1.807) is 36.4 Å². The van der Waals surface area contributed by atoms with Gasteiger partial charge in [0.15, 0.2) is 0 Å². The van der Waals surface area contributed by atoms with Crippen LogP contribution in [0.5, 0.6) is 0 Å². The Balaban J connectivity index is 1.65. The molecule has 0 aromatic heterocycles. The first-order chi connectivity index (χ1) is 13.6. The van der Waals surface area contributed by atoms with Crippen molar-refractivity contribution in [3.63, 3.8) is 0 Å². The summed E-state index contributed by atoms with van der Waals surface area (Å²) in [5.41, 5.74) is 1.50. The first kappa shape index (κ1) is 19.9. The number of nitrogens with zero attached hydrogens (tertiary/aromatic N) is 1. The van der Waals surface area contributed by atoms with Crippen molar-refractivity contribution < 1.29 is 19.1 Å². The summed E-state index contributed by atoms with van der Waals surface area (Å²) in [5, 5.41) is 2.83. The lowest BCUT2D eigenvalue weighted by atomic mass is 10.2. The predicted octanol–water partition coefficient (Wildman–Crippen LogP) is 3.44. The van der Waals surface area contributed by atoms with Gasteiger partial charge in [-0.05, 0) is 49.2 Å². The smallest absolute Gasteiger partial charge is 0.337 e. The molecule has 0 unspecified atom stereocenters. The zero-order valence-corrected chi connectivity index (χ0v) is 16.5. The quantitative estimate of drug-likeness (QED) is 0.596. The third kappa shape index (κ3) is 4.92. The highest BCUT2D eigenvalue weighted by molar-refractivity contribution is 8.00. The monoisotopic (exact) mass is 398 g/mol. The van der Waals surface area contributed by atoms with Crippen LogP contribution in [0.25, 0.3) is 0 Å². The Bertz CT molecular complexity index is 861. The molecule has 3 rings (SSSR count). The molecular formula is C21H22N2O4S. The highest BCUT2D eigenvalue weighted by atomic mass is 32.2. The van der Waals surface area contributed by atoms with Crippen LogP contribution in [0.15, 0.2) is 53.4 Å². The number of hydrogen-bond donors (Lipinski definition) is 1. The molecule has 2 aromatic rings. The summed E-state index contributed by atoms with van der Waals surface area (Å²) in [6.07, 6.45) is 2.12. The maximum Gasteiger partial charge on any atom is 0.337 e. The van der Waals surface area contributed by atoms with Gasteiger partial charge in [0.05, 0.1) is 24.0 Å². The maximum absolute atomic E-state index is 12.7. The average Bonchev–Trinajstić information content (AvgIpc) is 3.27. The van der Waals surface area contributed by atoms with E-state index in [9.17, 15) is 14.4 Å². The minimum Gasteiger partial charge on any atom is -0.465 e.